The number of hydrogen-bond acceptors (Lipinski definition) is 4. The summed E-state index contributed by atoms with van der Waals surface area (Å²) in [4.78, 5) is 12.6. The van der Waals surface area contributed by atoms with E-state index in [4.69, 9.17) is 9.47 Å². The van der Waals surface area contributed by atoms with Crippen molar-refractivity contribution in [1.82, 2.24) is 10.6 Å². The van der Waals surface area contributed by atoms with Crippen LogP contribution in [0.15, 0.2) is 24.3 Å². The summed E-state index contributed by atoms with van der Waals surface area (Å²) >= 11 is 0. The Kier molecular flexibility index (Phi) is 9.25. The van der Waals surface area contributed by atoms with E-state index in [2.05, 4.69) is 30.5 Å². The Morgan fingerprint density at radius 2 is 1.96 bits per heavy atom. The van der Waals surface area contributed by atoms with Gasteiger partial charge in [0.2, 0.25) is 5.91 Å². The Labute approximate surface area is 157 Å². The number of carbonyl (C=O) groups is 1. The second-order valence-electron chi connectivity index (χ2n) is 6.76. The third-order valence-electron chi connectivity index (χ3n) is 4.65. The van der Waals surface area contributed by atoms with Crippen LogP contribution < -0.4 is 15.4 Å². The number of benzene rings is 1. The Morgan fingerprint density at radius 3 is 2.60 bits per heavy atom. The third-order valence-corrected chi connectivity index (χ3v) is 4.65. The first-order valence-electron chi connectivity index (χ1n) is 8.79. The summed E-state index contributed by atoms with van der Waals surface area (Å²) in [7, 11) is 1.66. The number of nitrogens with one attached hydrogen (secondary N) is 2. The molecule has 2 N–H and O–H groups in total. The number of amides is 1. The fraction of sp³-hybridized carbons (Fsp3) is 0.632. The summed E-state index contributed by atoms with van der Waals surface area (Å²) in [6.07, 6.45) is 1.62. The highest BCUT2D eigenvalue weighted by molar-refractivity contribution is 5.85. The van der Waals surface area contributed by atoms with Gasteiger partial charge in [-0.3, -0.25) is 4.79 Å². The molecule has 0 radical (unpaired) electrons. The van der Waals surface area contributed by atoms with Gasteiger partial charge in [-0.2, -0.15) is 0 Å². The average Bonchev–Trinajstić information content (AvgIpc) is 2.59. The van der Waals surface area contributed by atoms with Crippen molar-refractivity contribution in [2.24, 2.45) is 5.41 Å². The molecule has 6 heteroatoms. The van der Waals surface area contributed by atoms with Crippen LogP contribution in [0, 0.1) is 5.41 Å². The maximum atomic E-state index is 12.6. The molecule has 0 saturated carbocycles. The van der Waals surface area contributed by atoms with E-state index >= 15 is 0 Å². The van der Waals surface area contributed by atoms with Crippen molar-refractivity contribution in [3.05, 3.63) is 29.8 Å². The molecule has 1 aromatic rings. The molecule has 1 aromatic carbocycles. The molecule has 0 aromatic heterocycles. The fourth-order valence-electron chi connectivity index (χ4n) is 3.22. The molecule has 0 aliphatic carbocycles. The summed E-state index contributed by atoms with van der Waals surface area (Å²) in [6.45, 7) is 7.45. The molecule has 1 saturated heterocycles. The number of para-hydroxylation sites is 1. The van der Waals surface area contributed by atoms with Gasteiger partial charge in [-0.25, -0.2) is 0 Å². The van der Waals surface area contributed by atoms with Crippen molar-refractivity contribution < 1.29 is 14.3 Å². The van der Waals surface area contributed by atoms with Crippen LogP contribution in [0.25, 0.3) is 0 Å². The van der Waals surface area contributed by atoms with Crippen LogP contribution in [-0.2, 0) is 9.53 Å². The molecule has 0 bridgehead atoms. The normalized spacial score (nSPS) is 16.2. The van der Waals surface area contributed by atoms with Gasteiger partial charge >= 0.3 is 0 Å². The van der Waals surface area contributed by atoms with Gasteiger partial charge in [0.05, 0.1) is 18.6 Å². The molecule has 25 heavy (non-hydrogen) atoms. The predicted octanol–water partition coefficient (Wildman–Crippen LogP) is 2.74. The Bertz CT molecular complexity index is 526. The van der Waals surface area contributed by atoms with Gasteiger partial charge in [-0.15, -0.1) is 12.4 Å². The maximum absolute atomic E-state index is 12.6. The van der Waals surface area contributed by atoms with Gasteiger partial charge < -0.3 is 20.1 Å². The van der Waals surface area contributed by atoms with Gasteiger partial charge in [-0.1, -0.05) is 32.0 Å². The molecule has 2 rings (SSSR count). The number of hydrogen-bond donors (Lipinski definition) is 2. The lowest BCUT2D eigenvalue weighted by Gasteiger charge is -2.35. The van der Waals surface area contributed by atoms with E-state index in [1.165, 1.54) is 5.56 Å². The van der Waals surface area contributed by atoms with Gasteiger partial charge in [0.15, 0.2) is 0 Å². The molecule has 0 unspecified atom stereocenters. The summed E-state index contributed by atoms with van der Waals surface area (Å²) in [6, 6.07) is 8.07. The van der Waals surface area contributed by atoms with Crippen LogP contribution in [-0.4, -0.2) is 45.9 Å². The number of methoxy groups -OCH3 is 1. The van der Waals surface area contributed by atoms with Crippen LogP contribution in [0.2, 0.25) is 0 Å². The smallest absolute Gasteiger partial charge is 0.228 e. The molecule has 1 aliphatic rings. The molecule has 142 valence electrons. The topological polar surface area (TPSA) is 59.6 Å². The highest BCUT2D eigenvalue weighted by atomic mass is 35.5. The SMILES string of the molecule is COCC1(C(=O)NCCOc2ccccc2C(C)C)CCNCC1.Cl. The van der Waals surface area contributed by atoms with Crippen molar-refractivity contribution in [1.29, 1.82) is 0 Å². The molecule has 1 fully saturated rings. The molecule has 0 spiro atoms. The largest absolute Gasteiger partial charge is 0.491 e. The molecule has 5 nitrogen and oxygen atoms in total. The van der Waals surface area contributed by atoms with Crippen LogP contribution >= 0.6 is 12.4 Å². The van der Waals surface area contributed by atoms with E-state index in [1.54, 1.807) is 7.11 Å². The van der Waals surface area contributed by atoms with Gasteiger partial charge in [0.1, 0.15) is 12.4 Å². The van der Waals surface area contributed by atoms with E-state index < -0.39 is 5.41 Å². The Balaban J connectivity index is 0.00000312. The number of rotatable bonds is 8. The standard InChI is InChI=1S/C19H30N2O3.ClH/c1-15(2)16-6-4-5-7-17(16)24-13-12-21-18(22)19(14-23-3)8-10-20-11-9-19;/h4-7,15,20H,8-14H2,1-3H3,(H,21,22);1H. The minimum atomic E-state index is -0.407. The first-order valence-corrected chi connectivity index (χ1v) is 8.79. The zero-order chi connectivity index (χ0) is 17.4. The Hall–Kier alpha value is -1.30. The van der Waals surface area contributed by atoms with Crippen molar-refractivity contribution >= 4 is 18.3 Å². The molecule has 0 atom stereocenters. The molecular weight excluding hydrogens is 340 g/mol. The van der Waals surface area contributed by atoms with E-state index in [0.29, 0.717) is 25.7 Å². The summed E-state index contributed by atoms with van der Waals surface area (Å²) in [5.41, 5.74) is 0.786. The first-order chi connectivity index (χ1) is 11.6. The van der Waals surface area contributed by atoms with Gasteiger partial charge in [0.25, 0.3) is 0 Å². The van der Waals surface area contributed by atoms with Crippen molar-refractivity contribution in [2.45, 2.75) is 32.6 Å². The van der Waals surface area contributed by atoms with Crippen LogP contribution in [0.3, 0.4) is 0 Å². The summed E-state index contributed by atoms with van der Waals surface area (Å²) in [5.74, 6) is 1.39. The van der Waals surface area contributed by atoms with Gasteiger partial charge in [-0.05, 0) is 43.5 Å². The van der Waals surface area contributed by atoms with Crippen molar-refractivity contribution in [2.75, 3.05) is 40.0 Å². The second-order valence-corrected chi connectivity index (χ2v) is 6.76. The van der Waals surface area contributed by atoms with Crippen molar-refractivity contribution in [3.63, 3.8) is 0 Å². The summed E-state index contributed by atoms with van der Waals surface area (Å²) < 4.78 is 11.2. The number of halogens is 1. The van der Waals surface area contributed by atoms with Crippen LogP contribution in [0.1, 0.15) is 38.2 Å². The van der Waals surface area contributed by atoms with E-state index in [-0.39, 0.29) is 18.3 Å². The third kappa shape index (κ3) is 5.87. The minimum absolute atomic E-state index is 0. The van der Waals surface area contributed by atoms with Crippen LogP contribution in [0.5, 0.6) is 5.75 Å². The number of carbonyl (C=O) groups excluding carboxylic acids is 1. The van der Waals surface area contributed by atoms with Crippen LogP contribution in [0.4, 0.5) is 0 Å². The molecule has 1 aliphatic heterocycles. The first kappa shape index (κ1) is 21.7. The summed E-state index contributed by atoms with van der Waals surface area (Å²) in [5, 5.41) is 6.32. The molecule has 1 heterocycles. The number of ether oxygens (including phenoxy) is 2. The second kappa shape index (κ2) is 10.6. The van der Waals surface area contributed by atoms with E-state index in [0.717, 1.165) is 31.7 Å². The zero-order valence-electron chi connectivity index (χ0n) is 15.5. The predicted molar refractivity (Wildman–Crippen MR) is 103 cm³/mol. The highest BCUT2D eigenvalue weighted by Crippen LogP contribution is 2.29. The van der Waals surface area contributed by atoms with E-state index in [1.807, 2.05) is 18.2 Å². The lowest BCUT2D eigenvalue weighted by molar-refractivity contribution is -0.136. The molecule has 1 amide bonds. The maximum Gasteiger partial charge on any atom is 0.228 e. The minimum Gasteiger partial charge on any atom is -0.491 e. The average molecular weight is 371 g/mol. The van der Waals surface area contributed by atoms with E-state index in [9.17, 15) is 4.79 Å². The highest BCUT2D eigenvalue weighted by Gasteiger charge is 2.39. The molecular formula is C19H31ClN2O3. The lowest BCUT2D eigenvalue weighted by atomic mass is 9.78. The quantitative estimate of drug-likeness (QED) is 0.691. The fourth-order valence-corrected chi connectivity index (χ4v) is 3.22. The Morgan fingerprint density at radius 1 is 1.28 bits per heavy atom. The van der Waals surface area contributed by atoms with Gasteiger partial charge in [0, 0.05) is 7.11 Å². The lowest BCUT2D eigenvalue weighted by Crippen LogP contribution is -2.50. The van der Waals surface area contributed by atoms with Crippen molar-refractivity contribution in [3.8, 4) is 5.75 Å². The monoisotopic (exact) mass is 370 g/mol. The number of piperidine rings is 1. The zero-order valence-corrected chi connectivity index (χ0v) is 16.3.